The highest BCUT2D eigenvalue weighted by molar-refractivity contribution is 7.89. The lowest BCUT2D eigenvalue weighted by Crippen LogP contribution is -2.24. The molecule has 3 aromatic rings. The molecule has 0 atom stereocenters. The summed E-state index contributed by atoms with van der Waals surface area (Å²) in [5.74, 6) is -1.97. The Kier molecular flexibility index (Phi) is 3.96. The van der Waals surface area contributed by atoms with Crippen LogP contribution in [0.1, 0.15) is 15.9 Å². The molecule has 0 aliphatic carbocycles. The standard InChI is InChI=1S/C15H12N2O6S/c18-14(19)10-3-1-9(2-4-10)8-16-24(21,22)11-5-6-12-13(7-11)23-15(20)17-12/h1-7,16H,8H2,(H,17,20)(H,18,19)/p-1. The number of H-pyrrole nitrogens is 1. The van der Waals surface area contributed by atoms with Crippen LogP contribution in [0, 0.1) is 0 Å². The summed E-state index contributed by atoms with van der Waals surface area (Å²) in [6, 6.07) is 9.66. The van der Waals surface area contributed by atoms with E-state index in [0.29, 0.717) is 11.1 Å². The molecule has 0 aliphatic heterocycles. The van der Waals surface area contributed by atoms with E-state index in [1.807, 2.05) is 0 Å². The molecule has 3 rings (SSSR count). The number of aromatic amines is 1. The first-order valence-corrected chi connectivity index (χ1v) is 8.26. The van der Waals surface area contributed by atoms with E-state index in [2.05, 4.69) is 9.71 Å². The minimum Gasteiger partial charge on any atom is -0.545 e. The van der Waals surface area contributed by atoms with Crippen LogP contribution in [0.5, 0.6) is 0 Å². The van der Waals surface area contributed by atoms with Crippen molar-refractivity contribution < 1.29 is 22.7 Å². The number of carboxylic acid groups (broad SMARTS) is 1. The fourth-order valence-electron chi connectivity index (χ4n) is 2.11. The van der Waals surface area contributed by atoms with Crippen molar-refractivity contribution in [1.82, 2.24) is 9.71 Å². The molecule has 1 heterocycles. The van der Waals surface area contributed by atoms with Crippen molar-refractivity contribution in [2.75, 3.05) is 0 Å². The van der Waals surface area contributed by atoms with E-state index >= 15 is 0 Å². The van der Waals surface area contributed by atoms with Gasteiger partial charge in [-0.25, -0.2) is 17.9 Å². The average Bonchev–Trinajstić information content (AvgIpc) is 2.92. The molecule has 8 nitrogen and oxygen atoms in total. The van der Waals surface area contributed by atoms with Crippen LogP contribution >= 0.6 is 0 Å². The van der Waals surface area contributed by atoms with Crippen molar-refractivity contribution in [3.63, 3.8) is 0 Å². The summed E-state index contributed by atoms with van der Waals surface area (Å²) < 4.78 is 31.8. The summed E-state index contributed by atoms with van der Waals surface area (Å²) in [4.78, 5) is 24.1. The van der Waals surface area contributed by atoms with Gasteiger partial charge in [-0.3, -0.25) is 4.98 Å². The Bertz CT molecular complexity index is 1060. The Morgan fingerprint density at radius 1 is 1.17 bits per heavy atom. The largest absolute Gasteiger partial charge is 0.545 e. The number of carbonyl (C=O) groups excluding carboxylic acids is 1. The van der Waals surface area contributed by atoms with Crippen molar-refractivity contribution in [3.8, 4) is 0 Å². The highest BCUT2D eigenvalue weighted by Crippen LogP contribution is 2.17. The summed E-state index contributed by atoms with van der Waals surface area (Å²) in [7, 11) is -3.82. The number of carbonyl (C=O) groups is 1. The van der Waals surface area contributed by atoms with Gasteiger partial charge in [0.15, 0.2) is 5.58 Å². The third-order valence-electron chi connectivity index (χ3n) is 3.36. The molecule has 0 radical (unpaired) electrons. The topological polar surface area (TPSA) is 132 Å². The van der Waals surface area contributed by atoms with Crippen molar-refractivity contribution in [2.45, 2.75) is 11.4 Å². The SMILES string of the molecule is O=C([O-])c1ccc(CNS(=O)(=O)c2ccc3[nH]c(=O)oc3c2)cc1. The lowest BCUT2D eigenvalue weighted by Gasteiger charge is -2.08. The van der Waals surface area contributed by atoms with Gasteiger partial charge >= 0.3 is 5.76 Å². The first-order chi connectivity index (χ1) is 11.3. The van der Waals surface area contributed by atoms with E-state index in [1.54, 1.807) is 0 Å². The fraction of sp³-hybridized carbons (Fsp3) is 0.0667. The van der Waals surface area contributed by atoms with E-state index in [4.69, 9.17) is 4.42 Å². The lowest BCUT2D eigenvalue weighted by atomic mass is 10.1. The van der Waals surface area contributed by atoms with Crippen LogP contribution in [0.4, 0.5) is 0 Å². The fourth-order valence-corrected chi connectivity index (χ4v) is 3.15. The molecule has 0 unspecified atom stereocenters. The zero-order chi connectivity index (χ0) is 17.3. The maximum absolute atomic E-state index is 12.3. The Morgan fingerprint density at radius 3 is 2.54 bits per heavy atom. The third kappa shape index (κ3) is 3.21. The van der Waals surface area contributed by atoms with Gasteiger partial charge in [0.1, 0.15) is 0 Å². The number of aromatic nitrogens is 1. The molecule has 2 aromatic carbocycles. The highest BCUT2D eigenvalue weighted by atomic mass is 32.2. The number of rotatable bonds is 5. The zero-order valence-corrected chi connectivity index (χ0v) is 12.9. The van der Waals surface area contributed by atoms with Crippen molar-refractivity contribution in [3.05, 3.63) is 64.1 Å². The number of aromatic carboxylic acids is 1. The predicted octanol–water partition coefficient (Wildman–Crippen LogP) is -0.0369. The van der Waals surface area contributed by atoms with Crippen LogP contribution in [0.2, 0.25) is 0 Å². The number of carboxylic acids is 1. The van der Waals surface area contributed by atoms with E-state index < -0.39 is 21.7 Å². The molecule has 0 spiro atoms. The number of fused-ring (bicyclic) bond motifs is 1. The van der Waals surface area contributed by atoms with Gasteiger partial charge in [-0.1, -0.05) is 24.3 Å². The van der Waals surface area contributed by atoms with E-state index in [-0.39, 0.29) is 22.6 Å². The van der Waals surface area contributed by atoms with Gasteiger partial charge in [-0.2, -0.15) is 0 Å². The average molecular weight is 347 g/mol. The summed E-state index contributed by atoms with van der Waals surface area (Å²) in [5.41, 5.74) is 1.13. The molecular formula is C15H11N2O6S-. The van der Waals surface area contributed by atoms with Gasteiger partial charge < -0.3 is 14.3 Å². The molecular weight excluding hydrogens is 336 g/mol. The Hall–Kier alpha value is -2.91. The van der Waals surface area contributed by atoms with Crippen LogP contribution in [-0.2, 0) is 16.6 Å². The van der Waals surface area contributed by atoms with Crippen molar-refractivity contribution in [2.24, 2.45) is 0 Å². The lowest BCUT2D eigenvalue weighted by molar-refractivity contribution is -0.255. The third-order valence-corrected chi connectivity index (χ3v) is 4.76. The van der Waals surface area contributed by atoms with Gasteiger partial charge in [0.05, 0.1) is 16.4 Å². The maximum Gasteiger partial charge on any atom is 0.417 e. The molecule has 1 aromatic heterocycles. The second-order valence-electron chi connectivity index (χ2n) is 4.98. The molecule has 124 valence electrons. The molecule has 0 aliphatic rings. The number of nitrogens with one attached hydrogen (secondary N) is 2. The summed E-state index contributed by atoms with van der Waals surface area (Å²) in [6.07, 6.45) is 0. The molecule has 2 N–H and O–H groups in total. The zero-order valence-electron chi connectivity index (χ0n) is 12.1. The van der Waals surface area contributed by atoms with E-state index in [9.17, 15) is 23.1 Å². The molecule has 0 saturated heterocycles. The Morgan fingerprint density at radius 2 is 1.88 bits per heavy atom. The smallest absolute Gasteiger partial charge is 0.417 e. The van der Waals surface area contributed by atoms with Crippen LogP contribution in [0.3, 0.4) is 0 Å². The molecule has 9 heteroatoms. The van der Waals surface area contributed by atoms with Gasteiger partial charge in [0, 0.05) is 12.6 Å². The normalized spacial score (nSPS) is 11.7. The summed E-state index contributed by atoms with van der Waals surface area (Å²) >= 11 is 0. The van der Waals surface area contributed by atoms with E-state index in [1.165, 1.54) is 42.5 Å². The predicted molar refractivity (Wildman–Crippen MR) is 81.6 cm³/mol. The van der Waals surface area contributed by atoms with Crippen LogP contribution in [-0.4, -0.2) is 19.4 Å². The summed E-state index contributed by atoms with van der Waals surface area (Å²) in [6.45, 7) is -0.0230. The van der Waals surface area contributed by atoms with Crippen molar-refractivity contribution >= 4 is 27.1 Å². The van der Waals surface area contributed by atoms with Gasteiger partial charge in [-0.05, 0) is 23.3 Å². The first kappa shape index (κ1) is 16.0. The second-order valence-corrected chi connectivity index (χ2v) is 6.75. The number of hydrogen-bond donors (Lipinski definition) is 2. The Balaban J connectivity index is 1.79. The van der Waals surface area contributed by atoms with Gasteiger partial charge in [0.2, 0.25) is 10.0 Å². The summed E-state index contributed by atoms with van der Waals surface area (Å²) in [5, 5.41) is 10.7. The maximum atomic E-state index is 12.3. The monoisotopic (exact) mass is 347 g/mol. The number of hydrogen-bond acceptors (Lipinski definition) is 6. The molecule has 0 fully saturated rings. The van der Waals surface area contributed by atoms with E-state index in [0.717, 1.165) is 0 Å². The quantitative estimate of drug-likeness (QED) is 0.666. The van der Waals surface area contributed by atoms with Crippen LogP contribution in [0.15, 0.2) is 56.6 Å². The molecule has 0 bridgehead atoms. The molecule has 0 amide bonds. The Labute approximate surface area is 135 Å². The number of oxazole rings is 1. The second kappa shape index (κ2) is 5.95. The first-order valence-electron chi connectivity index (χ1n) is 6.78. The highest BCUT2D eigenvalue weighted by Gasteiger charge is 2.15. The molecule has 0 saturated carbocycles. The number of sulfonamides is 1. The van der Waals surface area contributed by atoms with Crippen molar-refractivity contribution in [1.29, 1.82) is 0 Å². The van der Waals surface area contributed by atoms with Crippen LogP contribution in [0.25, 0.3) is 11.1 Å². The van der Waals surface area contributed by atoms with Gasteiger partial charge in [0.25, 0.3) is 0 Å². The number of benzene rings is 2. The minimum absolute atomic E-state index is 0.00884. The van der Waals surface area contributed by atoms with Crippen LogP contribution < -0.4 is 15.6 Å². The van der Waals surface area contributed by atoms with Gasteiger partial charge in [-0.15, -0.1) is 0 Å². The minimum atomic E-state index is -3.82. The molecule has 24 heavy (non-hydrogen) atoms.